The minimum atomic E-state index is -0.689. The van der Waals surface area contributed by atoms with Crippen LogP contribution in [-0.4, -0.2) is 30.3 Å². The Kier molecular flexibility index (Phi) is 8.54. The molecule has 0 bridgehead atoms. The summed E-state index contributed by atoms with van der Waals surface area (Å²) in [6.07, 6.45) is 2.35. The van der Waals surface area contributed by atoms with Crippen LogP contribution in [0.15, 0.2) is 30.3 Å². The molecule has 0 aliphatic rings. The van der Waals surface area contributed by atoms with E-state index in [-0.39, 0.29) is 17.7 Å². The van der Waals surface area contributed by atoms with Crippen molar-refractivity contribution in [1.29, 1.82) is 0 Å². The Morgan fingerprint density at radius 3 is 2.38 bits per heavy atom. The lowest BCUT2D eigenvalue weighted by Crippen LogP contribution is -2.45. The monoisotopic (exact) mass is 333 g/mol. The number of benzene rings is 1. The van der Waals surface area contributed by atoms with E-state index in [0.717, 1.165) is 12.0 Å². The molecule has 0 aliphatic carbocycles. The summed E-state index contributed by atoms with van der Waals surface area (Å²) in [5, 5.41) is 5.50. The summed E-state index contributed by atoms with van der Waals surface area (Å²) >= 11 is 0. The zero-order chi connectivity index (χ0) is 17.9. The van der Waals surface area contributed by atoms with Crippen molar-refractivity contribution >= 4 is 17.7 Å². The fourth-order valence-electron chi connectivity index (χ4n) is 2.30. The predicted molar refractivity (Wildman–Crippen MR) is 93.1 cm³/mol. The van der Waals surface area contributed by atoms with Gasteiger partial charge in [-0.15, -0.1) is 0 Å². The van der Waals surface area contributed by atoms with Crippen molar-refractivity contribution in [3.63, 3.8) is 0 Å². The lowest BCUT2D eigenvalue weighted by Gasteiger charge is -2.19. The van der Waals surface area contributed by atoms with Gasteiger partial charge in [-0.25, -0.2) is 0 Å². The fourth-order valence-corrected chi connectivity index (χ4v) is 2.30. The molecule has 0 aromatic heterocycles. The normalized spacial score (nSPS) is 12.9. The quantitative estimate of drug-likeness (QED) is 0.565. The maximum absolute atomic E-state index is 12.3. The largest absolute Gasteiger partial charge is 0.368 e. The predicted octanol–water partition coefficient (Wildman–Crippen LogP) is 1.46. The zero-order valence-corrected chi connectivity index (χ0v) is 14.4. The van der Waals surface area contributed by atoms with Crippen LogP contribution in [0, 0.1) is 0 Å². The lowest BCUT2D eigenvalue weighted by atomic mass is 9.99. The number of amides is 3. The first-order valence-electron chi connectivity index (χ1n) is 8.37. The number of primary amides is 1. The van der Waals surface area contributed by atoms with E-state index in [1.54, 1.807) is 13.8 Å². The van der Waals surface area contributed by atoms with Gasteiger partial charge >= 0.3 is 0 Å². The highest BCUT2D eigenvalue weighted by Crippen LogP contribution is 2.15. The molecule has 1 rings (SSSR count). The van der Waals surface area contributed by atoms with E-state index in [9.17, 15) is 14.4 Å². The van der Waals surface area contributed by atoms with E-state index in [1.165, 1.54) is 0 Å². The van der Waals surface area contributed by atoms with Crippen LogP contribution >= 0.6 is 0 Å². The van der Waals surface area contributed by atoms with E-state index < -0.39 is 11.9 Å². The molecule has 132 valence electrons. The van der Waals surface area contributed by atoms with Crippen molar-refractivity contribution in [2.24, 2.45) is 5.73 Å². The Hall–Kier alpha value is -2.37. The topological polar surface area (TPSA) is 101 Å². The number of carbonyl (C=O) groups excluding carboxylic acids is 3. The van der Waals surface area contributed by atoms with Crippen LogP contribution in [0.5, 0.6) is 0 Å². The van der Waals surface area contributed by atoms with E-state index in [4.69, 9.17) is 5.73 Å². The minimum absolute atomic E-state index is 0.00596. The third kappa shape index (κ3) is 6.81. The molecule has 1 aromatic rings. The summed E-state index contributed by atoms with van der Waals surface area (Å²) in [6.45, 7) is 4.15. The SMILES string of the molecule is CCC(=O)NCCCCC(NC(=O)C(C)c1ccccc1)C(N)=O. The number of nitrogens with one attached hydrogen (secondary N) is 2. The molecule has 2 atom stereocenters. The molecular formula is C18H27N3O3. The summed E-state index contributed by atoms with van der Waals surface area (Å²) in [4.78, 5) is 35.0. The van der Waals surface area contributed by atoms with Crippen LogP contribution in [0.2, 0.25) is 0 Å². The first kappa shape index (κ1) is 19.7. The smallest absolute Gasteiger partial charge is 0.239 e. The minimum Gasteiger partial charge on any atom is -0.368 e. The number of carbonyl (C=O) groups is 3. The molecule has 1 aromatic carbocycles. The molecule has 0 saturated heterocycles. The van der Waals surface area contributed by atoms with Gasteiger partial charge in [0.2, 0.25) is 17.7 Å². The average Bonchev–Trinajstić information content (AvgIpc) is 2.59. The van der Waals surface area contributed by atoms with Crippen molar-refractivity contribution in [2.75, 3.05) is 6.54 Å². The van der Waals surface area contributed by atoms with Crippen LogP contribution in [-0.2, 0) is 14.4 Å². The second-order valence-electron chi connectivity index (χ2n) is 5.80. The highest BCUT2D eigenvalue weighted by atomic mass is 16.2. The molecule has 0 radical (unpaired) electrons. The maximum Gasteiger partial charge on any atom is 0.239 e. The Balaban J connectivity index is 2.43. The fraction of sp³-hybridized carbons (Fsp3) is 0.500. The zero-order valence-electron chi connectivity index (χ0n) is 14.4. The number of hydrogen-bond donors (Lipinski definition) is 3. The third-order valence-corrected chi connectivity index (χ3v) is 3.92. The van der Waals surface area contributed by atoms with Gasteiger partial charge in [-0.3, -0.25) is 14.4 Å². The molecule has 0 spiro atoms. The van der Waals surface area contributed by atoms with E-state index >= 15 is 0 Å². The highest BCUT2D eigenvalue weighted by Gasteiger charge is 2.22. The lowest BCUT2D eigenvalue weighted by molar-refractivity contribution is -0.128. The van der Waals surface area contributed by atoms with Crippen LogP contribution in [0.4, 0.5) is 0 Å². The van der Waals surface area contributed by atoms with Crippen LogP contribution in [0.3, 0.4) is 0 Å². The van der Waals surface area contributed by atoms with Gasteiger partial charge < -0.3 is 16.4 Å². The van der Waals surface area contributed by atoms with E-state index in [0.29, 0.717) is 25.8 Å². The molecule has 24 heavy (non-hydrogen) atoms. The van der Waals surface area contributed by atoms with Crippen molar-refractivity contribution in [1.82, 2.24) is 10.6 Å². The van der Waals surface area contributed by atoms with Crippen LogP contribution < -0.4 is 16.4 Å². The van der Waals surface area contributed by atoms with Gasteiger partial charge in [0.15, 0.2) is 0 Å². The summed E-state index contributed by atoms with van der Waals surface area (Å²) in [7, 11) is 0. The molecule has 6 nitrogen and oxygen atoms in total. The summed E-state index contributed by atoms with van der Waals surface area (Å²) in [6, 6.07) is 8.69. The molecule has 0 fully saturated rings. The van der Waals surface area contributed by atoms with Crippen LogP contribution in [0.1, 0.15) is 51.0 Å². The summed E-state index contributed by atoms with van der Waals surface area (Å²) < 4.78 is 0. The van der Waals surface area contributed by atoms with Gasteiger partial charge in [0, 0.05) is 13.0 Å². The molecular weight excluding hydrogens is 306 g/mol. The van der Waals surface area contributed by atoms with Crippen molar-refractivity contribution in [2.45, 2.75) is 51.5 Å². The highest BCUT2D eigenvalue weighted by molar-refractivity contribution is 5.89. The van der Waals surface area contributed by atoms with Gasteiger partial charge in [-0.05, 0) is 31.7 Å². The summed E-state index contributed by atoms with van der Waals surface area (Å²) in [5.41, 5.74) is 6.27. The number of hydrogen-bond acceptors (Lipinski definition) is 3. The van der Waals surface area contributed by atoms with Gasteiger partial charge in [0.1, 0.15) is 6.04 Å². The molecule has 0 heterocycles. The number of unbranched alkanes of at least 4 members (excludes halogenated alkanes) is 1. The molecule has 3 amide bonds. The van der Waals surface area contributed by atoms with Crippen molar-refractivity contribution < 1.29 is 14.4 Å². The third-order valence-electron chi connectivity index (χ3n) is 3.92. The Labute approximate surface area is 143 Å². The molecule has 4 N–H and O–H groups in total. The molecule has 0 saturated carbocycles. The second-order valence-corrected chi connectivity index (χ2v) is 5.80. The summed E-state index contributed by atoms with van der Waals surface area (Å²) in [5.74, 6) is -1.10. The molecule has 6 heteroatoms. The van der Waals surface area contributed by atoms with Gasteiger partial charge in [-0.1, -0.05) is 37.3 Å². The number of rotatable bonds is 10. The Bertz CT molecular complexity index is 546. The van der Waals surface area contributed by atoms with E-state index in [1.807, 2.05) is 30.3 Å². The van der Waals surface area contributed by atoms with E-state index in [2.05, 4.69) is 10.6 Å². The second kappa shape index (κ2) is 10.4. The van der Waals surface area contributed by atoms with Crippen LogP contribution in [0.25, 0.3) is 0 Å². The Morgan fingerprint density at radius 2 is 1.79 bits per heavy atom. The van der Waals surface area contributed by atoms with Gasteiger partial charge in [0.05, 0.1) is 5.92 Å². The van der Waals surface area contributed by atoms with Crippen molar-refractivity contribution in [3.05, 3.63) is 35.9 Å². The standard InChI is InChI=1S/C18H27N3O3/c1-3-16(22)20-12-8-7-11-15(17(19)23)21-18(24)13(2)14-9-5-4-6-10-14/h4-6,9-10,13,15H,3,7-8,11-12H2,1-2H3,(H2,19,23)(H,20,22)(H,21,24). The first-order valence-corrected chi connectivity index (χ1v) is 8.37. The van der Waals surface area contributed by atoms with Gasteiger partial charge in [-0.2, -0.15) is 0 Å². The van der Waals surface area contributed by atoms with Gasteiger partial charge in [0.25, 0.3) is 0 Å². The number of nitrogens with two attached hydrogens (primary N) is 1. The first-order chi connectivity index (χ1) is 11.5. The maximum atomic E-state index is 12.3. The molecule has 0 aliphatic heterocycles. The van der Waals surface area contributed by atoms with Crippen molar-refractivity contribution in [3.8, 4) is 0 Å². The molecule has 2 unspecified atom stereocenters. The average molecular weight is 333 g/mol. The Morgan fingerprint density at radius 1 is 1.12 bits per heavy atom.